The molecule has 0 aromatic carbocycles. The van der Waals surface area contributed by atoms with E-state index in [1.807, 2.05) is 0 Å². The molecule has 2 amide bonds. The smallest absolute Gasteiger partial charge is 0.217 e. The highest BCUT2D eigenvalue weighted by Gasteiger charge is 2.50. The largest absolute Gasteiger partial charge is 0.394 e. The Morgan fingerprint density at radius 3 is 2.04 bits per heavy atom. The number of hydrogen-bond donors (Lipinski definition) is 7. The normalized spacial score (nSPS) is 44.0. The summed E-state index contributed by atoms with van der Waals surface area (Å²) in [4.78, 5) is 22.8. The van der Waals surface area contributed by atoms with Crippen molar-refractivity contribution < 1.29 is 49.3 Å². The maximum Gasteiger partial charge on any atom is 0.217 e. The molecule has 2 aliphatic rings. The third-order valence-corrected chi connectivity index (χ3v) is 4.74. The highest BCUT2D eigenvalue weighted by molar-refractivity contribution is 5.73. The molecule has 7 N–H and O–H groups in total. The summed E-state index contributed by atoms with van der Waals surface area (Å²) < 4.78 is 16.5. The van der Waals surface area contributed by atoms with Gasteiger partial charge in [-0.15, -0.1) is 0 Å². The van der Waals surface area contributed by atoms with Crippen molar-refractivity contribution in [2.24, 2.45) is 0 Å². The zero-order valence-electron chi connectivity index (χ0n) is 15.8. The van der Waals surface area contributed by atoms with E-state index < -0.39 is 79.7 Å². The van der Waals surface area contributed by atoms with E-state index in [-0.39, 0.29) is 0 Å². The topological polar surface area (TPSA) is 187 Å². The fraction of sp³-hybridized carbons (Fsp3) is 0.875. The molecule has 28 heavy (non-hydrogen) atoms. The van der Waals surface area contributed by atoms with Crippen LogP contribution in [-0.2, 0) is 23.8 Å². The van der Waals surface area contributed by atoms with Crippen molar-refractivity contribution in [3.05, 3.63) is 0 Å². The Kier molecular flexibility index (Phi) is 7.70. The first-order valence-corrected chi connectivity index (χ1v) is 8.90. The second-order valence-corrected chi connectivity index (χ2v) is 6.98. The summed E-state index contributed by atoms with van der Waals surface area (Å²) in [5, 5.41) is 55.0. The van der Waals surface area contributed by atoms with E-state index >= 15 is 0 Å². The van der Waals surface area contributed by atoms with Crippen molar-refractivity contribution >= 4 is 11.8 Å². The molecule has 0 aliphatic carbocycles. The first-order valence-electron chi connectivity index (χ1n) is 8.90. The summed E-state index contributed by atoms with van der Waals surface area (Å²) in [6, 6.07) is -2.40. The zero-order chi connectivity index (χ0) is 21.2. The van der Waals surface area contributed by atoms with Gasteiger partial charge in [-0.1, -0.05) is 0 Å². The molecule has 2 rings (SSSR count). The van der Waals surface area contributed by atoms with Crippen LogP contribution < -0.4 is 10.6 Å². The Balaban J connectivity index is 2.22. The number of aliphatic hydroxyl groups excluding tert-OH is 5. The van der Waals surface area contributed by atoms with Crippen LogP contribution in [0.1, 0.15) is 20.8 Å². The maximum atomic E-state index is 11.5. The Labute approximate surface area is 161 Å². The van der Waals surface area contributed by atoms with Gasteiger partial charge in [-0.05, 0) is 6.92 Å². The van der Waals surface area contributed by atoms with E-state index in [9.17, 15) is 35.1 Å². The molecule has 0 aromatic rings. The molecular formula is C16H28N2O10. The highest BCUT2D eigenvalue weighted by atomic mass is 16.7. The minimum Gasteiger partial charge on any atom is -0.394 e. The van der Waals surface area contributed by atoms with Crippen molar-refractivity contribution in [1.29, 1.82) is 0 Å². The Bertz CT molecular complexity index is 564. The number of aliphatic hydroxyl groups is 5. The molecule has 0 spiro atoms. The third-order valence-electron chi connectivity index (χ3n) is 4.74. The van der Waals surface area contributed by atoms with E-state index in [1.54, 1.807) is 0 Å². The van der Waals surface area contributed by atoms with Crippen LogP contribution in [0.5, 0.6) is 0 Å². The Morgan fingerprint density at radius 1 is 0.929 bits per heavy atom. The van der Waals surface area contributed by atoms with Crippen molar-refractivity contribution in [2.75, 3.05) is 6.61 Å². The molecule has 0 saturated carbocycles. The molecule has 0 aromatic heterocycles. The summed E-state index contributed by atoms with van der Waals surface area (Å²) in [7, 11) is 0. The summed E-state index contributed by atoms with van der Waals surface area (Å²) in [6.07, 6.45) is -10.5. The number of amides is 2. The number of nitrogens with one attached hydrogen (secondary N) is 2. The van der Waals surface area contributed by atoms with Crippen LogP contribution in [0.2, 0.25) is 0 Å². The summed E-state index contributed by atoms with van der Waals surface area (Å²) in [5.41, 5.74) is 0. The van der Waals surface area contributed by atoms with Gasteiger partial charge < -0.3 is 50.4 Å². The van der Waals surface area contributed by atoms with E-state index in [4.69, 9.17) is 14.2 Å². The van der Waals surface area contributed by atoms with Gasteiger partial charge in [-0.2, -0.15) is 0 Å². The molecular weight excluding hydrogens is 380 g/mol. The number of hydrogen-bond acceptors (Lipinski definition) is 10. The van der Waals surface area contributed by atoms with Gasteiger partial charge in [-0.25, -0.2) is 0 Å². The van der Waals surface area contributed by atoms with Crippen LogP contribution in [0, 0.1) is 0 Å². The second-order valence-electron chi connectivity index (χ2n) is 6.98. The SMILES string of the molecule is CC(=O)N[C@@H]1[C@@H](O)[C@H](O[C@@H]2O[C@H](CO)[C@@H](O)[C@H](O)[C@H]2NC(C)=O)[C@@H](C)O[C@H]1O. The van der Waals surface area contributed by atoms with Gasteiger partial charge in [0.05, 0.1) is 12.7 Å². The highest BCUT2D eigenvalue weighted by Crippen LogP contribution is 2.28. The average Bonchev–Trinajstić information content (AvgIpc) is 2.60. The molecule has 0 bridgehead atoms. The van der Waals surface area contributed by atoms with E-state index in [0.717, 1.165) is 0 Å². The van der Waals surface area contributed by atoms with Gasteiger partial charge in [0, 0.05) is 13.8 Å². The fourth-order valence-electron chi connectivity index (χ4n) is 3.36. The number of ether oxygens (including phenoxy) is 3. The van der Waals surface area contributed by atoms with Gasteiger partial charge >= 0.3 is 0 Å². The standard InChI is InChI=1S/C16H28N2O10/c1-5-14(13(24)9(15(25)26-5)17-6(2)20)28-16-10(18-7(3)21)12(23)11(22)8(4-19)27-16/h5,8-16,19,22-25H,4H2,1-3H3,(H,17,20)(H,18,21)/t5-,8-,9-,10-,11-,12-,13-,14-,15-,16+/m1/s1. The van der Waals surface area contributed by atoms with E-state index in [0.29, 0.717) is 0 Å². The van der Waals surface area contributed by atoms with Crippen LogP contribution in [0.3, 0.4) is 0 Å². The van der Waals surface area contributed by atoms with Gasteiger partial charge in [0.2, 0.25) is 11.8 Å². The first-order chi connectivity index (χ1) is 13.1. The van der Waals surface area contributed by atoms with Crippen molar-refractivity contribution in [1.82, 2.24) is 10.6 Å². The third kappa shape index (κ3) is 4.96. The Hall–Kier alpha value is -1.38. The lowest BCUT2D eigenvalue weighted by molar-refractivity contribution is -0.323. The summed E-state index contributed by atoms with van der Waals surface area (Å²) >= 11 is 0. The quantitative estimate of drug-likeness (QED) is 0.236. The summed E-state index contributed by atoms with van der Waals surface area (Å²) in [5.74, 6) is -1.04. The molecule has 2 fully saturated rings. The summed E-state index contributed by atoms with van der Waals surface area (Å²) in [6.45, 7) is 3.27. The predicted molar refractivity (Wildman–Crippen MR) is 90.4 cm³/mol. The van der Waals surface area contributed by atoms with Gasteiger partial charge in [0.15, 0.2) is 12.6 Å². The molecule has 2 aliphatic heterocycles. The molecule has 2 heterocycles. The molecule has 12 nitrogen and oxygen atoms in total. The van der Waals surface area contributed by atoms with Crippen LogP contribution in [0.15, 0.2) is 0 Å². The van der Waals surface area contributed by atoms with Crippen molar-refractivity contribution in [3.63, 3.8) is 0 Å². The van der Waals surface area contributed by atoms with Gasteiger partial charge in [-0.3, -0.25) is 9.59 Å². The molecule has 10 atom stereocenters. The monoisotopic (exact) mass is 408 g/mol. The van der Waals surface area contributed by atoms with Crippen LogP contribution >= 0.6 is 0 Å². The van der Waals surface area contributed by atoms with E-state index in [2.05, 4.69) is 10.6 Å². The maximum absolute atomic E-state index is 11.5. The zero-order valence-corrected chi connectivity index (χ0v) is 15.8. The molecule has 12 heteroatoms. The molecule has 0 unspecified atom stereocenters. The van der Waals surface area contributed by atoms with E-state index in [1.165, 1.54) is 20.8 Å². The lowest BCUT2D eigenvalue weighted by Gasteiger charge is -2.47. The minimum atomic E-state index is -1.52. The first kappa shape index (κ1) is 22.9. The van der Waals surface area contributed by atoms with Gasteiger partial charge in [0.1, 0.15) is 42.6 Å². The minimum absolute atomic E-state index is 0.510. The second kappa shape index (κ2) is 9.41. The van der Waals surface area contributed by atoms with Crippen LogP contribution in [0.4, 0.5) is 0 Å². The average molecular weight is 408 g/mol. The fourth-order valence-corrected chi connectivity index (χ4v) is 3.36. The van der Waals surface area contributed by atoms with Crippen LogP contribution in [0.25, 0.3) is 0 Å². The van der Waals surface area contributed by atoms with Gasteiger partial charge in [0.25, 0.3) is 0 Å². The van der Waals surface area contributed by atoms with Crippen LogP contribution in [-0.4, -0.2) is 105 Å². The Morgan fingerprint density at radius 2 is 1.50 bits per heavy atom. The number of carbonyl (C=O) groups is 2. The molecule has 2 saturated heterocycles. The number of carbonyl (C=O) groups excluding carboxylic acids is 2. The molecule has 0 radical (unpaired) electrons. The van der Waals surface area contributed by atoms with Crippen molar-refractivity contribution in [3.8, 4) is 0 Å². The van der Waals surface area contributed by atoms with Crippen molar-refractivity contribution in [2.45, 2.75) is 82.1 Å². The molecule has 162 valence electrons. The predicted octanol–water partition coefficient (Wildman–Crippen LogP) is -4.08. The lowest BCUT2D eigenvalue weighted by atomic mass is 9.95. The number of rotatable bonds is 5. The lowest BCUT2D eigenvalue weighted by Crippen LogP contribution is -2.68.